The number of nitrogens with one attached hydrogen (secondary N) is 1. The third-order valence-electron chi connectivity index (χ3n) is 4.81. The third kappa shape index (κ3) is 3.39. The Morgan fingerprint density at radius 2 is 2.00 bits per heavy atom. The molecule has 4 rings (SSSR count). The summed E-state index contributed by atoms with van der Waals surface area (Å²) in [6.07, 6.45) is -0.272. The maximum Gasteiger partial charge on any atom is 0.349 e. The molecule has 28 heavy (non-hydrogen) atoms. The molecule has 0 radical (unpaired) electrons. The van der Waals surface area contributed by atoms with Gasteiger partial charge < -0.3 is 19.6 Å². The largest absolute Gasteiger partial charge is 0.491 e. The fourth-order valence-corrected chi connectivity index (χ4v) is 3.56. The minimum Gasteiger partial charge on any atom is -0.491 e. The second-order valence-electron chi connectivity index (χ2n) is 7.24. The first-order valence-corrected chi connectivity index (χ1v) is 9.23. The van der Waals surface area contributed by atoms with E-state index in [1.54, 1.807) is 18.2 Å². The second kappa shape index (κ2) is 7.13. The van der Waals surface area contributed by atoms with Gasteiger partial charge in [0.25, 0.3) is 5.91 Å². The van der Waals surface area contributed by atoms with E-state index in [0.717, 1.165) is 11.1 Å². The molecule has 1 aliphatic carbocycles. The Kier molecular flexibility index (Phi) is 4.65. The van der Waals surface area contributed by atoms with Crippen molar-refractivity contribution in [3.05, 3.63) is 75.6 Å². The molecule has 1 aliphatic rings. The number of fused-ring (bicyclic) bond motifs is 2. The molecule has 2 N–H and O–H groups in total. The van der Waals surface area contributed by atoms with Crippen LogP contribution in [0.1, 0.15) is 41.4 Å². The molecule has 6 nitrogen and oxygen atoms in total. The normalized spacial score (nSPS) is 18.3. The highest BCUT2D eigenvalue weighted by atomic mass is 16.5. The number of carbonyl (C=O) groups excluding carboxylic acids is 1. The number of benzene rings is 2. The van der Waals surface area contributed by atoms with Crippen LogP contribution >= 0.6 is 0 Å². The number of ether oxygens (including phenoxy) is 1. The van der Waals surface area contributed by atoms with Gasteiger partial charge in [0.05, 0.1) is 18.2 Å². The average molecular weight is 379 g/mol. The van der Waals surface area contributed by atoms with Gasteiger partial charge in [-0.05, 0) is 43.2 Å². The summed E-state index contributed by atoms with van der Waals surface area (Å²) in [5, 5.41) is 13.7. The second-order valence-corrected chi connectivity index (χ2v) is 7.24. The standard InChI is InChI=1S/C22H21NO5/c1-12(2)27-15-8-7-14-9-17(22(26)28-19(14)11-15)21(25)23-20-16-6-4-3-5-13(16)10-18(20)24/h3-9,11-12,18,20,24H,10H2,1-2H3,(H,23,25)/t18-,20+/m1/s1. The summed E-state index contributed by atoms with van der Waals surface area (Å²) in [5.41, 5.74) is 1.38. The molecule has 1 amide bonds. The van der Waals surface area contributed by atoms with E-state index in [1.807, 2.05) is 38.1 Å². The molecule has 2 atom stereocenters. The molecule has 0 bridgehead atoms. The first-order chi connectivity index (χ1) is 13.4. The van der Waals surface area contributed by atoms with Gasteiger partial charge in [-0.15, -0.1) is 0 Å². The van der Waals surface area contributed by atoms with Crippen LogP contribution in [0.25, 0.3) is 11.0 Å². The van der Waals surface area contributed by atoms with Crippen LogP contribution in [0.4, 0.5) is 0 Å². The van der Waals surface area contributed by atoms with Crippen LogP contribution in [-0.4, -0.2) is 23.2 Å². The number of aliphatic hydroxyl groups is 1. The van der Waals surface area contributed by atoms with Crippen LogP contribution in [0.15, 0.2) is 57.7 Å². The molecule has 0 saturated carbocycles. The van der Waals surface area contributed by atoms with E-state index >= 15 is 0 Å². The van der Waals surface area contributed by atoms with Gasteiger partial charge in [-0.25, -0.2) is 4.79 Å². The highest BCUT2D eigenvalue weighted by Gasteiger charge is 2.32. The van der Waals surface area contributed by atoms with Gasteiger partial charge in [0.1, 0.15) is 16.9 Å². The highest BCUT2D eigenvalue weighted by molar-refractivity contribution is 5.97. The maximum absolute atomic E-state index is 12.7. The van der Waals surface area contributed by atoms with Crippen LogP contribution in [0.2, 0.25) is 0 Å². The minimum atomic E-state index is -0.732. The van der Waals surface area contributed by atoms with E-state index in [1.165, 1.54) is 6.07 Å². The van der Waals surface area contributed by atoms with Crippen molar-refractivity contribution in [2.45, 2.75) is 38.5 Å². The molecule has 0 fully saturated rings. The zero-order valence-corrected chi connectivity index (χ0v) is 15.6. The zero-order valence-electron chi connectivity index (χ0n) is 15.6. The third-order valence-corrected chi connectivity index (χ3v) is 4.81. The summed E-state index contributed by atoms with van der Waals surface area (Å²) in [6, 6.07) is 13.6. The zero-order chi connectivity index (χ0) is 19.8. The van der Waals surface area contributed by atoms with Gasteiger partial charge in [-0.3, -0.25) is 4.79 Å². The lowest BCUT2D eigenvalue weighted by Gasteiger charge is -2.17. The summed E-state index contributed by atoms with van der Waals surface area (Å²) in [4.78, 5) is 25.1. The van der Waals surface area contributed by atoms with E-state index in [0.29, 0.717) is 23.1 Å². The summed E-state index contributed by atoms with van der Waals surface area (Å²) >= 11 is 0. The number of hydrogen-bond donors (Lipinski definition) is 2. The Morgan fingerprint density at radius 1 is 1.21 bits per heavy atom. The smallest absolute Gasteiger partial charge is 0.349 e. The van der Waals surface area contributed by atoms with Crippen molar-refractivity contribution in [3.63, 3.8) is 0 Å². The average Bonchev–Trinajstić information content (AvgIpc) is 2.96. The molecular weight excluding hydrogens is 358 g/mol. The van der Waals surface area contributed by atoms with E-state index in [4.69, 9.17) is 9.15 Å². The van der Waals surface area contributed by atoms with Crippen molar-refractivity contribution in [2.75, 3.05) is 0 Å². The quantitative estimate of drug-likeness (QED) is 0.681. The van der Waals surface area contributed by atoms with Crippen LogP contribution in [-0.2, 0) is 6.42 Å². The summed E-state index contributed by atoms with van der Waals surface area (Å²) < 4.78 is 10.9. The molecule has 0 spiro atoms. The lowest BCUT2D eigenvalue weighted by molar-refractivity contribution is 0.0855. The number of hydrogen-bond acceptors (Lipinski definition) is 5. The Labute approximate surface area is 161 Å². The van der Waals surface area contributed by atoms with Gasteiger partial charge in [0.2, 0.25) is 0 Å². The molecule has 144 valence electrons. The Bertz CT molecular complexity index is 1100. The van der Waals surface area contributed by atoms with Crippen molar-refractivity contribution < 1.29 is 19.1 Å². The SMILES string of the molecule is CC(C)Oc1ccc2cc(C(=O)N[C@H]3c4ccccc4C[C@H]3O)c(=O)oc2c1. The van der Waals surface area contributed by atoms with Gasteiger partial charge in [0, 0.05) is 17.9 Å². The monoisotopic (exact) mass is 379 g/mol. The molecule has 1 aromatic heterocycles. The molecular formula is C22H21NO5. The first-order valence-electron chi connectivity index (χ1n) is 9.23. The molecule has 3 aromatic rings. The predicted octanol–water partition coefficient (Wildman–Crippen LogP) is 2.97. The highest BCUT2D eigenvalue weighted by Crippen LogP contribution is 2.31. The molecule has 6 heteroatoms. The number of amides is 1. The van der Waals surface area contributed by atoms with Crippen LogP contribution in [0.5, 0.6) is 5.75 Å². The molecule has 0 saturated heterocycles. The predicted molar refractivity (Wildman–Crippen MR) is 105 cm³/mol. The van der Waals surface area contributed by atoms with Gasteiger partial charge in [0.15, 0.2) is 0 Å². The number of carbonyl (C=O) groups is 1. The lowest BCUT2D eigenvalue weighted by Crippen LogP contribution is -2.36. The number of rotatable bonds is 4. The van der Waals surface area contributed by atoms with Crippen molar-refractivity contribution >= 4 is 16.9 Å². The Hall–Kier alpha value is -3.12. The molecule has 2 aromatic carbocycles. The van der Waals surface area contributed by atoms with Crippen molar-refractivity contribution in [1.82, 2.24) is 5.32 Å². The molecule has 0 aliphatic heterocycles. The summed E-state index contributed by atoms with van der Waals surface area (Å²) in [7, 11) is 0. The van der Waals surface area contributed by atoms with Crippen molar-refractivity contribution in [2.24, 2.45) is 0 Å². The Balaban J connectivity index is 1.63. The fraction of sp³-hybridized carbons (Fsp3) is 0.273. The van der Waals surface area contributed by atoms with Gasteiger partial charge in [-0.2, -0.15) is 0 Å². The number of aliphatic hydroxyl groups excluding tert-OH is 1. The Morgan fingerprint density at radius 3 is 2.79 bits per heavy atom. The maximum atomic E-state index is 12.7. The summed E-state index contributed by atoms with van der Waals surface area (Å²) in [5.74, 6) is 0.0208. The summed E-state index contributed by atoms with van der Waals surface area (Å²) in [6.45, 7) is 3.81. The van der Waals surface area contributed by atoms with Crippen molar-refractivity contribution in [1.29, 1.82) is 0 Å². The van der Waals surface area contributed by atoms with Crippen LogP contribution in [0, 0.1) is 0 Å². The van der Waals surface area contributed by atoms with Gasteiger partial charge >= 0.3 is 5.63 Å². The van der Waals surface area contributed by atoms with Crippen LogP contribution in [0.3, 0.4) is 0 Å². The first kappa shape index (κ1) is 18.3. The molecule has 0 unspecified atom stereocenters. The fourth-order valence-electron chi connectivity index (χ4n) is 3.56. The van der Waals surface area contributed by atoms with E-state index in [-0.39, 0.29) is 11.7 Å². The van der Waals surface area contributed by atoms with Crippen molar-refractivity contribution in [3.8, 4) is 5.75 Å². The van der Waals surface area contributed by atoms with E-state index < -0.39 is 23.7 Å². The lowest BCUT2D eigenvalue weighted by atomic mass is 10.1. The van der Waals surface area contributed by atoms with E-state index in [9.17, 15) is 14.7 Å². The molecule has 1 heterocycles. The van der Waals surface area contributed by atoms with Crippen LogP contribution < -0.4 is 15.7 Å². The topological polar surface area (TPSA) is 88.8 Å². The van der Waals surface area contributed by atoms with Gasteiger partial charge in [-0.1, -0.05) is 24.3 Å². The minimum absolute atomic E-state index is 0.00469. The van der Waals surface area contributed by atoms with E-state index in [2.05, 4.69) is 5.32 Å².